The second-order valence-electron chi connectivity index (χ2n) is 3.93. The van der Waals surface area contributed by atoms with Crippen LogP contribution in [0.15, 0.2) is 36.5 Å². The first kappa shape index (κ1) is 11.5. The fraction of sp³-hybridized carbons (Fsp3) is 0. The maximum atomic E-state index is 8.85. The summed E-state index contributed by atoms with van der Waals surface area (Å²) in [5.74, 6) is 0.306. The molecule has 0 spiro atoms. The van der Waals surface area contributed by atoms with Gasteiger partial charge in [0.05, 0.1) is 22.3 Å². The third-order valence-corrected chi connectivity index (χ3v) is 3.06. The molecule has 2 N–H and O–H groups in total. The molecule has 2 heterocycles. The van der Waals surface area contributed by atoms with E-state index < -0.39 is 0 Å². The van der Waals surface area contributed by atoms with E-state index in [-0.39, 0.29) is 0 Å². The van der Waals surface area contributed by atoms with Crippen LogP contribution in [-0.4, -0.2) is 14.5 Å². The zero-order chi connectivity index (χ0) is 13.4. The van der Waals surface area contributed by atoms with Gasteiger partial charge in [-0.3, -0.25) is 4.57 Å². The van der Waals surface area contributed by atoms with Crippen LogP contribution >= 0.6 is 11.6 Å². The number of imidazole rings is 1. The van der Waals surface area contributed by atoms with E-state index in [0.717, 1.165) is 0 Å². The number of pyridine rings is 1. The number of nitrogens with zero attached hydrogens (tertiary/aromatic N) is 4. The number of nitrogen functional groups attached to an aromatic ring is 1. The van der Waals surface area contributed by atoms with E-state index in [1.165, 1.54) is 0 Å². The molecule has 0 amide bonds. The lowest BCUT2D eigenvalue weighted by molar-refractivity contribution is 1.08. The van der Waals surface area contributed by atoms with Gasteiger partial charge >= 0.3 is 0 Å². The molecular weight excluding hydrogens is 262 g/mol. The second-order valence-corrected chi connectivity index (χ2v) is 4.34. The molecule has 0 aliphatic heterocycles. The van der Waals surface area contributed by atoms with Crippen molar-refractivity contribution in [3.05, 3.63) is 47.1 Å². The van der Waals surface area contributed by atoms with Crippen molar-refractivity contribution in [2.75, 3.05) is 5.73 Å². The van der Waals surface area contributed by atoms with E-state index in [0.29, 0.717) is 33.4 Å². The molecule has 3 aromatic rings. The predicted molar refractivity (Wildman–Crippen MR) is 73.0 cm³/mol. The Hall–Kier alpha value is -2.58. The van der Waals surface area contributed by atoms with Crippen LogP contribution in [0.5, 0.6) is 0 Å². The Morgan fingerprint density at radius 2 is 2.16 bits per heavy atom. The van der Waals surface area contributed by atoms with Gasteiger partial charge in [-0.05, 0) is 30.3 Å². The predicted octanol–water partition coefficient (Wildman–Crippen LogP) is 2.53. The molecule has 0 fully saturated rings. The van der Waals surface area contributed by atoms with Crippen molar-refractivity contribution in [3.8, 4) is 11.8 Å². The zero-order valence-corrected chi connectivity index (χ0v) is 10.5. The molecule has 19 heavy (non-hydrogen) atoms. The molecular formula is C13H8ClN5. The van der Waals surface area contributed by atoms with Crippen LogP contribution in [0, 0.1) is 11.3 Å². The highest BCUT2D eigenvalue weighted by Crippen LogP contribution is 2.27. The molecule has 3 rings (SSSR count). The zero-order valence-electron chi connectivity index (χ0n) is 9.71. The van der Waals surface area contributed by atoms with Gasteiger partial charge in [0, 0.05) is 6.20 Å². The highest BCUT2D eigenvalue weighted by Gasteiger charge is 2.13. The van der Waals surface area contributed by atoms with Crippen molar-refractivity contribution in [1.29, 1.82) is 5.26 Å². The van der Waals surface area contributed by atoms with Crippen molar-refractivity contribution in [1.82, 2.24) is 14.5 Å². The molecule has 92 valence electrons. The minimum absolute atomic E-state index is 0.306. The summed E-state index contributed by atoms with van der Waals surface area (Å²) in [5, 5.41) is 9.27. The second kappa shape index (κ2) is 4.26. The van der Waals surface area contributed by atoms with Gasteiger partial charge in [-0.25, -0.2) is 9.97 Å². The van der Waals surface area contributed by atoms with Crippen LogP contribution in [0.3, 0.4) is 0 Å². The van der Waals surface area contributed by atoms with Gasteiger partial charge in [-0.1, -0.05) is 11.6 Å². The van der Waals surface area contributed by atoms with Crippen LogP contribution in [0.2, 0.25) is 5.02 Å². The number of fused-ring (bicyclic) bond motifs is 1. The molecule has 0 saturated carbocycles. The third-order valence-electron chi connectivity index (χ3n) is 2.76. The SMILES string of the molecule is N#Cc1ccc(-n2c(N)nc3cccnc32)c(Cl)c1. The largest absolute Gasteiger partial charge is 0.369 e. The van der Waals surface area contributed by atoms with E-state index in [4.69, 9.17) is 22.6 Å². The summed E-state index contributed by atoms with van der Waals surface area (Å²) in [6.07, 6.45) is 1.66. The molecule has 1 aromatic carbocycles. The number of anilines is 1. The number of benzene rings is 1. The minimum atomic E-state index is 0.306. The lowest BCUT2D eigenvalue weighted by Gasteiger charge is -2.08. The van der Waals surface area contributed by atoms with Gasteiger partial charge in [0.15, 0.2) is 5.65 Å². The molecule has 2 aromatic heterocycles. The van der Waals surface area contributed by atoms with Crippen molar-refractivity contribution >= 4 is 28.7 Å². The fourth-order valence-corrected chi connectivity index (χ4v) is 2.19. The maximum absolute atomic E-state index is 8.85. The molecule has 0 aliphatic rings. The minimum Gasteiger partial charge on any atom is -0.369 e. The van der Waals surface area contributed by atoms with Gasteiger partial charge in [0.1, 0.15) is 5.52 Å². The number of hydrogen-bond donors (Lipinski definition) is 1. The smallest absolute Gasteiger partial charge is 0.207 e. The molecule has 0 aliphatic carbocycles. The number of hydrogen-bond acceptors (Lipinski definition) is 4. The van der Waals surface area contributed by atoms with E-state index in [1.807, 2.05) is 12.1 Å². The van der Waals surface area contributed by atoms with Crippen LogP contribution in [0.25, 0.3) is 16.9 Å². The highest BCUT2D eigenvalue weighted by molar-refractivity contribution is 6.32. The van der Waals surface area contributed by atoms with Crippen LogP contribution in [0.4, 0.5) is 5.95 Å². The fourth-order valence-electron chi connectivity index (χ4n) is 1.93. The topological polar surface area (TPSA) is 80.5 Å². The van der Waals surface area contributed by atoms with Crippen LogP contribution in [-0.2, 0) is 0 Å². The summed E-state index contributed by atoms with van der Waals surface area (Å²) in [5.41, 5.74) is 8.38. The van der Waals surface area contributed by atoms with Gasteiger partial charge in [0.2, 0.25) is 5.95 Å². The van der Waals surface area contributed by atoms with Gasteiger partial charge < -0.3 is 5.73 Å². The summed E-state index contributed by atoms with van der Waals surface area (Å²) in [6, 6.07) is 10.6. The van der Waals surface area contributed by atoms with Crippen molar-refractivity contribution in [2.45, 2.75) is 0 Å². The van der Waals surface area contributed by atoms with Crippen molar-refractivity contribution < 1.29 is 0 Å². The standard InChI is InChI=1S/C13H8ClN5/c14-9-6-8(7-15)3-4-11(9)19-12-10(18-13(19)16)2-1-5-17-12/h1-6H,(H2,16,18). The molecule has 0 radical (unpaired) electrons. The summed E-state index contributed by atoms with van der Waals surface area (Å²) >= 11 is 6.19. The Morgan fingerprint density at radius 3 is 2.89 bits per heavy atom. The maximum Gasteiger partial charge on any atom is 0.207 e. The average molecular weight is 270 g/mol. The molecule has 0 bridgehead atoms. The van der Waals surface area contributed by atoms with Gasteiger partial charge in [-0.15, -0.1) is 0 Å². The number of rotatable bonds is 1. The molecule has 0 unspecified atom stereocenters. The summed E-state index contributed by atoms with van der Waals surface area (Å²) in [4.78, 5) is 8.49. The Labute approximate surface area is 113 Å². The number of aromatic nitrogens is 3. The Morgan fingerprint density at radius 1 is 1.32 bits per heavy atom. The summed E-state index contributed by atoms with van der Waals surface area (Å²) < 4.78 is 1.67. The Balaban J connectivity index is 2.31. The van der Waals surface area contributed by atoms with Crippen molar-refractivity contribution in [2.24, 2.45) is 0 Å². The highest BCUT2D eigenvalue weighted by atomic mass is 35.5. The van der Waals surface area contributed by atoms with E-state index in [1.54, 1.807) is 35.0 Å². The molecule has 0 atom stereocenters. The first-order chi connectivity index (χ1) is 9.20. The van der Waals surface area contributed by atoms with E-state index in [9.17, 15) is 0 Å². The summed E-state index contributed by atoms with van der Waals surface area (Å²) in [7, 11) is 0. The van der Waals surface area contributed by atoms with E-state index >= 15 is 0 Å². The first-order valence-corrected chi connectivity index (χ1v) is 5.87. The molecule has 5 nitrogen and oxygen atoms in total. The molecule has 6 heteroatoms. The lowest BCUT2D eigenvalue weighted by Crippen LogP contribution is -2.02. The normalized spacial score (nSPS) is 10.5. The third kappa shape index (κ3) is 1.79. The Bertz CT molecular complexity index is 816. The Kier molecular flexibility index (Phi) is 2.58. The first-order valence-electron chi connectivity index (χ1n) is 5.49. The average Bonchev–Trinajstić information content (AvgIpc) is 2.75. The monoisotopic (exact) mass is 269 g/mol. The molecule has 0 saturated heterocycles. The lowest BCUT2D eigenvalue weighted by atomic mass is 10.2. The van der Waals surface area contributed by atoms with Crippen molar-refractivity contribution in [3.63, 3.8) is 0 Å². The quantitative estimate of drug-likeness (QED) is 0.736. The number of nitrogens with two attached hydrogens (primary N) is 1. The van der Waals surface area contributed by atoms with Crippen LogP contribution in [0.1, 0.15) is 5.56 Å². The van der Waals surface area contributed by atoms with Gasteiger partial charge in [-0.2, -0.15) is 5.26 Å². The van der Waals surface area contributed by atoms with Gasteiger partial charge in [0.25, 0.3) is 0 Å². The van der Waals surface area contributed by atoms with E-state index in [2.05, 4.69) is 9.97 Å². The van der Waals surface area contributed by atoms with Crippen LogP contribution < -0.4 is 5.73 Å². The summed E-state index contributed by atoms with van der Waals surface area (Å²) in [6.45, 7) is 0. The number of halogens is 1. The number of nitriles is 1.